The molecule has 0 saturated carbocycles. The molecule has 0 aliphatic rings. The second kappa shape index (κ2) is 15.9. The van der Waals surface area contributed by atoms with Gasteiger partial charge in [-0.2, -0.15) is 0 Å². The summed E-state index contributed by atoms with van der Waals surface area (Å²) in [5, 5.41) is 16.2. The van der Waals surface area contributed by atoms with Gasteiger partial charge in [-0.15, -0.1) is 0 Å². The topological polar surface area (TPSA) is 114 Å². The largest absolute Gasteiger partial charge is 0.493 e. The van der Waals surface area contributed by atoms with Crippen molar-refractivity contribution >= 4 is 17.4 Å². The molecule has 0 fully saturated rings. The number of carbonyl (C=O) groups is 2. The lowest BCUT2D eigenvalue weighted by Gasteiger charge is -2.26. The Morgan fingerprint density at radius 2 is 1.53 bits per heavy atom. The van der Waals surface area contributed by atoms with Crippen LogP contribution in [0.4, 0.5) is 5.69 Å². The van der Waals surface area contributed by atoms with Crippen molar-refractivity contribution in [2.24, 2.45) is 5.92 Å². The van der Waals surface area contributed by atoms with E-state index in [1.165, 1.54) is 0 Å². The van der Waals surface area contributed by atoms with Crippen molar-refractivity contribution in [1.82, 2.24) is 10.3 Å². The van der Waals surface area contributed by atoms with E-state index in [0.717, 1.165) is 22.6 Å². The van der Waals surface area contributed by atoms with Gasteiger partial charge in [0.1, 0.15) is 17.6 Å². The van der Waals surface area contributed by atoms with Gasteiger partial charge in [-0.1, -0.05) is 86.6 Å². The number of benzene rings is 4. The minimum atomic E-state index is -0.715. The molecule has 8 nitrogen and oxygen atoms in total. The number of ketones is 1. The van der Waals surface area contributed by atoms with Crippen LogP contribution in [-0.4, -0.2) is 47.1 Å². The standard InChI is InChI=1S/C39H41N3O5/c1-26(2)36(25-43)41-38(45)35(40-34-17-11-10-16-32(34)37(44)29-12-6-4-7-13-29)24-28-18-20-31(21-19-28)46-23-22-33-27(3)47-39(42-33)30-14-8-5-9-15-30/h4-21,26,35-36,40,43H,22-25H2,1-3H3,(H,41,45)/t35-,36?/m0/s1. The van der Waals surface area contributed by atoms with Crippen molar-refractivity contribution in [3.05, 3.63) is 137 Å². The van der Waals surface area contributed by atoms with Crippen LogP contribution in [0.3, 0.4) is 0 Å². The molecule has 5 rings (SSSR count). The van der Waals surface area contributed by atoms with Crippen LogP contribution >= 0.6 is 0 Å². The summed E-state index contributed by atoms with van der Waals surface area (Å²) >= 11 is 0. The maximum Gasteiger partial charge on any atom is 0.243 e. The Kier molecular flexibility index (Phi) is 11.2. The fourth-order valence-electron chi connectivity index (χ4n) is 5.24. The molecule has 47 heavy (non-hydrogen) atoms. The lowest BCUT2D eigenvalue weighted by Crippen LogP contribution is -2.49. The highest BCUT2D eigenvalue weighted by atomic mass is 16.5. The van der Waals surface area contributed by atoms with E-state index in [-0.39, 0.29) is 24.2 Å². The third kappa shape index (κ3) is 8.74. The molecule has 8 heteroatoms. The Morgan fingerprint density at radius 3 is 2.21 bits per heavy atom. The quantitative estimate of drug-likeness (QED) is 0.111. The molecule has 2 atom stereocenters. The van der Waals surface area contributed by atoms with Gasteiger partial charge in [0.2, 0.25) is 11.8 Å². The van der Waals surface area contributed by atoms with Crippen molar-refractivity contribution in [3.8, 4) is 17.2 Å². The minimum Gasteiger partial charge on any atom is -0.493 e. The van der Waals surface area contributed by atoms with E-state index in [4.69, 9.17) is 9.15 Å². The molecule has 1 amide bonds. The number of carbonyl (C=O) groups excluding carboxylic acids is 2. The van der Waals surface area contributed by atoms with Crippen LogP contribution in [0, 0.1) is 12.8 Å². The molecule has 3 N–H and O–H groups in total. The number of aromatic nitrogens is 1. The lowest BCUT2D eigenvalue weighted by molar-refractivity contribution is -0.123. The highest BCUT2D eigenvalue weighted by Crippen LogP contribution is 2.24. The monoisotopic (exact) mass is 631 g/mol. The molecule has 0 spiro atoms. The van der Waals surface area contributed by atoms with E-state index in [2.05, 4.69) is 15.6 Å². The lowest BCUT2D eigenvalue weighted by atomic mass is 9.99. The fraction of sp³-hybridized carbons (Fsp3) is 0.256. The van der Waals surface area contributed by atoms with Crippen LogP contribution in [0.1, 0.15) is 46.8 Å². The number of aryl methyl sites for hydroxylation is 1. The zero-order valence-corrected chi connectivity index (χ0v) is 27.0. The molecular weight excluding hydrogens is 590 g/mol. The van der Waals surface area contributed by atoms with Crippen LogP contribution < -0.4 is 15.4 Å². The summed E-state index contributed by atoms with van der Waals surface area (Å²) in [7, 11) is 0. The SMILES string of the molecule is Cc1oc(-c2ccccc2)nc1CCOc1ccc(C[C@H](Nc2ccccc2C(=O)c2ccccc2)C(=O)NC(CO)C(C)C)cc1. The molecular formula is C39H41N3O5. The molecule has 1 unspecified atom stereocenters. The molecule has 0 saturated heterocycles. The van der Waals surface area contributed by atoms with Crippen molar-refractivity contribution in [2.75, 3.05) is 18.5 Å². The van der Waals surface area contributed by atoms with Crippen molar-refractivity contribution in [2.45, 2.75) is 45.7 Å². The van der Waals surface area contributed by atoms with E-state index in [1.54, 1.807) is 24.3 Å². The van der Waals surface area contributed by atoms with E-state index < -0.39 is 12.1 Å². The maximum atomic E-state index is 13.6. The minimum absolute atomic E-state index is 0.0407. The van der Waals surface area contributed by atoms with Crippen LogP contribution in [0.25, 0.3) is 11.5 Å². The number of nitrogens with one attached hydrogen (secondary N) is 2. The summed E-state index contributed by atoms with van der Waals surface area (Å²) in [5.41, 5.74) is 4.29. The van der Waals surface area contributed by atoms with E-state index in [1.807, 2.05) is 106 Å². The van der Waals surface area contributed by atoms with Gasteiger partial charge in [-0.05, 0) is 54.8 Å². The van der Waals surface area contributed by atoms with Crippen molar-refractivity contribution in [1.29, 1.82) is 0 Å². The van der Waals surface area contributed by atoms with Gasteiger partial charge in [-0.25, -0.2) is 4.98 Å². The number of anilines is 1. The van der Waals surface area contributed by atoms with Crippen LogP contribution in [0.5, 0.6) is 5.75 Å². The fourth-order valence-corrected chi connectivity index (χ4v) is 5.24. The van der Waals surface area contributed by atoms with Gasteiger partial charge in [0, 0.05) is 35.2 Å². The molecule has 5 aromatic rings. The summed E-state index contributed by atoms with van der Waals surface area (Å²) in [6, 6.07) is 32.6. The number of aliphatic hydroxyl groups excluding tert-OH is 1. The normalized spacial score (nSPS) is 12.4. The first-order chi connectivity index (χ1) is 22.8. The van der Waals surface area contributed by atoms with Crippen LogP contribution in [0.15, 0.2) is 114 Å². The zero-order valence-electron chi connectivity index (χ0n) is 27.0. The molecule has 0 bridgehead atoms. The van der Waals surface area contributed by atoms with Gasteiger partial charge < -0.3 is 24.9 Å². The number of hydrogen-bond donors (Lipinski definition) is 3. The molecule has 0 aliphatic carbocycles. The number of amides is 1. The Morgan fingerprint density at radius 1 is 0.872 bits per heavy atom. The summed E-state index contributed by atoms with van der Waals surface area (Å²) in [6.45, 7) is 6.05. The first-order valence-electron chi connectivity index (χ1n) is 15.9. The summed E-state index contributed by atoms with van der Waals surface area (Å²) in [4.78, 5) is 31.7. The second-order valence-corrected chi connectivity index (χ2v) is 11.8. The predicted octanol–water partition coefficient (Wildman–Crippen LogP) is 6.66. The Hall–Kier alpha value is -5.21. The van der Waals surface area contributed by atoms with Gasteiger partial charge >= 0.3 is 0 Å². The van der Waals surface area contributed by atoms with Gasteiger partial charge in [0.25, 0.3) is 0 Å². The number of oxazole rings is 1. The second-order valence-electron chi connectivity index (χ2n) is 11.8. The first-order valence-corrected chi connectivity index (χ1v) is 15.9. The average molecular weight is 632 g/mol. The highest BCUT2D eigenvalue weighted by molar-refractivity contribution is 6.12. The highest BCUT2D eigenvalue weighted by Gasteiger charge is 2.25. The molecule has 0 aliphatic heterocycles. The van der Waals surface area contributed by atoms with Crippen LogP contribution in [0.2, 0.25) is 0 Å². The molecule has 4 aromatic carbocycles. The summed E-state index contributed by atoms with van der Waals surface area (Å²) in [5.74, 6) is 1.71. The number of rotatable bonds is 15. The van der Waals surface area contributed by atoms with Gasteiger partial charge in [-0.3, -0.25) is 9.59 Å². The molecule has 242 valence electrons. The number of para-hydroxylation sites is 1. The number of aliphatic hydroxyl groups is 1. The summed E-state index contributed by atoms with van der Waals surface area (Å²) < 4.78 is 11.9. The number of hydrogen-bond acceptors (Lipinski definition) is 7. The Labute approximate surface area is 275 Å². The predicted molar refractivity (Wildman–Crippen MR) is 184 cm³/mol. The summed E-state index contributed by atoms with van der Waals surface area (Å²) in [6.07, 6.45) is 0.940. The van der Waals surface area contributed by atoms with Gasteiger partial charge in [0.05, 0.1) is 24.9 Å². The van der Waals surface area contributed by atoms with Crippen LogP contribution in [-0.2, 0) is 17.6 Å². The number of nitrogens with zero attached hydrogens (tertiary/aromatic N) is 1. The third-order valence-electron chi connectivity index (χ3n) is 8.07. The first kappa shape index (κ1) is 33.2. The average Bonchev–Trinajstić information content (AvgIpc) is 3.48. The van der Waals surface area contributed by atoms with E-state index >= 15 is 0 Å². The van der Waals surface area contributed by atoms with E-state index in [9.17, 15) is 14.7 Å². The third-order valence-corrected chi connectivity index (χ3v) is 8.07. The smallest absolute Gasteiger partial charge is 0.243 e. The number of ether oxygens (including phenoxy) is 1. The molecule has 1 aromatic heterocycles. The maximum absolute atomic E-state index is 13.6. The molecule has 0 radical (unpaired) electrons. The molecule has 1 heterocycles. The Bertz CT molecular complexity index is 1750. The van der Waals surface area contributed by atoms with Crippen molar-refractivity contribution in [3.63, 3.8) is 0 Å². The van der Waals surface area contributed by atoms with E-state index in [0.29, 0.717) is 47.9 Å². The zero-order chi connectivity index (χ0) is 33.2. The Balaban J connectivity index is 1.27. The van der Waals surface area contributed by atoms with Gasteiger partial charge in [0.15, 0.2) is 5.78 Å². The van der Waals surface area contributed by atoms with Crippen molar-refractivity contribution < 1.29 is 23.8 Å².